The SMILES string of the molecule is COC(=O)c1ccc(NC(=O)[C@H]2CCCN(C(=O)c3ccc(C)cc3)C2)s1. The molecule has 1 aliphatic rings. The number of aryl methyl sites for hydroxylation is 1. The standard InChI is InChI=1S/C20H22N2O4S/c1-13-5-7-14(8-6-13)19(24)22-11-3-4-15(12-22)18(23)21-17-10-9-16(27-17)20(25)26-2/h5-10,15H,3-4,11-12H2,1-2H3,(H,21,23)/t15-/m0/s1. The van der Waals surface area contributed by atoms with E-state index in [1.165, 1.54) is 18.4 Å². The van der Waals surface area contributed by atoms with Crippen LogP contribution < -0.4 is 5.32 Å². The molecule has 142 valence electrons. The molecule has 7 heteroatoms. The summed E-state index contributed by atoms with van der Waals surface area (Å²) in [5.74, 6) is -0.865. The van der Waals surface area contributed by atoms with Crippen molar-refractivity contribution in [2.24, 2.45) is 5.92 Å². The lowest BCUT2D eigenvalue weighted by molar-refractivity contribution is -0.121. The number of hydrogen-bond acceptors (Lipinski definition) is 5. The van der Waals surface area contributed by atoms with Crippen LogP contribution >= 0.6 is 11.3 Å². The summed E-state index contributed by atoms with van der Waals surface area (Å²) in [4.78, 5) is 39.0. The van der Waals surface area contributed by atoms with E-state index in [-0.39, 0.29) is 17.7 Å². The maximum atomic E-state index is 12.7. The number of esters is 1. The number of nitrogens with zero attached hydrogens (tertiary/aromatic N) is 1. The van der Waals surface area contributed by atoms with E-state index < -0.39 is 5.97 Å². The number of hydrogen-bond donors (Lipinski definition) is 1. The van der Waals surface area contributed by atoms with Crippen molar-refractivity contribution in [2.75, 3.05) is 25.5 Å². The van der Waals surface area contributed by atoms with E-state index in [1.807, 2.05) is 31.2 Å². The molecule has 1 atom stereocenters. The smallest absolute Gasteiger partial charge is 0.348 e. The van der Waals surface area contributed by atoms with Crippen LogP contribution in [-0.2, 0) is 9.53 Å². The summed E-state index contributed by atoms with van der Waals surface area (Å²) < 4.78 is 4.68. The number of piperidine rings is 1. The molecule has 0 aliphatic carbocycles. The van der Waals surface area contributed by atoms with Crippen molar-refractivity contribution >= 4 is 34.1 Å². The molecule has 6 nitrogen and oxygen atoms in total. The molecule has 0 radical (unpaired) electrons. The highest BCUT2D eigenvalue weighted by atomic mass is 32.1. The van der Waals surface area contributed by atoms with Crippen LogP contribution in [0.4, 0.5) is 5.00 Å². The van der Waals surface area contributed by atoms with Gasteiger partial charge in [0.15, 0.2) is 0 Å². The van der Waals surface area contributed by atoms with E-state index in [1.54, 1.807) is 17.0 Å². The maximum Gasteiger partial charge on any atom is 0.348 e. The number of carbonyl (C=O) groups is 3. The van der Waals surface area contributed by atoms with Gasteiger partial charge in [-0.15, -0.1) is 11.3 Å². The zero-order valence-electron chi connectivity index (χ0n) is 15.4. The van der Waals surface area contributed by atoms with Gasteiger partial charge in [-0.2, -0.15) is 0 Å². The summed E-state index contributed by atoms with van der Waals surface area (Å²) >= 11 is 1.18. The molecule has 0 spiro atoms. The number of amides is 2. The van der Waals surface area contributed by atoms with Crippen LogP contribution in [0.1, 0.15) is 38.4 Å². The number of benzene rings is 1. The van der Waals surface area contributed by atoms with Crippen LogP contribution in [0.3, 0.4) is 0 Å². The van der Waals surface area contributed by atoms with Gasteiger partial charge in [-0.3, -0.25) is 9.59 Å². The molecule has 1 fully saturated rings. The van der Waals surface area contributed by atoms with Crippen molar-refractivity contribution in [3.8, 4) is 0 Å². The number of ether oxygens (including phenoxy) is 1. The Morgan fingerprint density at radius 2 is 1.89 bits per heavy atom. The van der Waals surface area contributed by atoms with Crippen molar-refractivity contribution in [3.63, 3.8) is 0 Å². The third kappa shape index (κ3) is 4.54. The van der Waals surface area contributed by atoms with Crippen molar-refractivity contribution in [3.05, 3.63) is 52.4 Å². The fourth-order valence-electron chi connectivity index (χ4n) is 3.09. The average Bonchev–Trinajstić information content (AvgIpc) is 3.16. The molecule has 2 aromatic rings. The van der Waals surface area contributed by atoms with E-state index >= 15 is 0 Å². The van der Waals surface area contributed by atoms with E-state index in [0.717, 1.165) is 18.4 Å². The van der Waals surface area contributed by atoms with Gasteiger partial charge < -0.3 is 15.0 Å². The Hall–Kier alpha value is -2.67. The highest BCUT2D eigenvalue weighted by Gasteiger charge is 2.29. The summed E-state index contributed by atoms with van der Waals surface area (Å²) in [6.45, 7) is 3.03. The van der Waals surface area contributed by atoms with Gasteiger partial charge in [-0.05, 0) is 44.0 Å². The normalized spacial score (nSPS) is 16.7. The van der Waals surface area contributed by atoms with Gasteiger partial charge >= 0.3 is 5.97 Å². The van der Waals surface area contributed by atoms with Gasteiger partial charge in [-0.25, -0.2) is 4.79 Å². The van der Waals surface area contributed by atoms with Crippen LogP contribution in [0.2, 0.25) is 0 Å². The highest BCUT2D eigenvalue weighted by molar-refractivity contribution is 7.18. The fraction of sp³-hybridized carbons (Fsp3) is 0.350. The highest BCUT2D eigenvalue weighted by Crippen LogP contribution is 2.25. The first kappa shape index (κ1) is 19.1. The van der Waals surface area contributed by atoms with Gasteiger partial charge in [-0.1, -0.05) is 17.7 Å². The first-order chi connectivity index (χ1) is 13.0. The molecular formula is C20H22N2O4S. The Morgan fingerprint density at radius 1 is 1.15 bits per heavy atom. The van der Waals surface area contributed by atoms with Gasteiger partial charge in [0.1, 0.15) is 4.88 Å². The summed E-state index contributed by atoms with van der Waals surface area (Å²) in [5.41, 5.74) is 1.74. The number of rotatable bonds is 4. The summed E-state index contributed by atoms with van der Waals surface area (Å²) in [6, 6.07) is 10.8. The van der Waals surface area contributed by atoms with E-state index in [2.05, 4.69) is 10.1 Å². The van der Waals surface area contributed by atoms with Gasteiger partial charge in [0.25, 0.3) is 5.91 Å². The third-order valence-corrected chi connectivity index (χ3v) is 5.60. The lowest BCUT2D eigenvalue weighted by Crippen LogP contribution is -2.43. The van der Waals surface area contributed by atoms with Crippen LogP contribution in [0.5, 0.6) is 0 Å². The molecule has 0 unspecified atom stereocenters. The molecular weight excluding hydrogens is 364 g/mol. The zero-order valence-corrected chi connectivity index (χ0v) is 16.2. The number of methoxy groups -OCH3 is 1. The van der Waals surface area contributed by atoms with Crippen molar-refractivity contribution < 1.29 is 19.1 Å². The second kappa shape index (κ2) is 8.35. The van der Waals surface area contributed by atoms with Crippen LogP contribution in [0, 0.1) is 12.8 Å². The third-order valence-electron chi connectivity index (χ3n) is 4.62. The number of nitrogens with one attached hydrogen (secondary N) is 1. The molecule has 3 rings (SSSR count). The van der Waals surface area contributed by atoms with Gasteiger partial charge in [0.05, 0.1) is 18.0 Å². The van der Waals surface area contributed by atoms with Crippen molar-refractivity contribution in [1.29, 1.82) is 0 Å². The lowest BCUT2D eigenvalue weighted by atomic mass is 9.96. The van der Waals surface area contributed by atoms with Crippen LogP contribution in [0.25, 0.3) is 0 Å². The quantitative estimate of drug-likeness (QED) is 0.818. The molecule has 1 aromatic carbocycles. The minimum absolute atomic E-state index is 0.0448. The second-order valence-electron chi connectivity index (χ2n) is 6.60. The largest absolute Gasteiger partial charge is 0.465 e. The average molecular weight is 386 g/mol. The Kier molecular flexibility index (Phi) is 5.91. The monoisotopic (exact) mass is 386 g/mol. The number of likely N-dealkylation sites (tertiary alicyclic amines) is 1. The molecule has 0 saturated carbocycles. The Labute approximate surface area is 162 Å². The first-order valence-electron chi connectivity index (χ1n) is 8.83. The number of anilines is 1. The first-order valence-corrected chi connectivity index (χ1v) is 9.64. The van der Waals surface area contributed by atoms with Crippen LogP contribution in [0.15, 0.2) is 36.4 Å². The molecule has 2 amide bonds. The molecule has 2 heterocycles. The van der Waals surface area contributed by atoms with Crippen molar-refractivity contribution in [2.45, 2.75) is 19.8 Å². The molecule has 1 aliphatic heterocycles. The Morgan fingerprint density at radius 3 is 2.59 bits per heavy atom. The molecule has 27 heavy (non-hydrogen) atoms. The summed E-state index contributed by atoms with van der Waals surface area (Å²) in [5, 5.41) is 3.45. The molecule has 1 N–H and O–H groups in total. The van der Waals surface area contributed by atoms with E-state index in [9.17, 15) is 14.4 Å². The Balaban J connectivity index is 1.62. The molecule has 1 aromatic heterocycles. The predicted octanol–water partition coefficient (Wildman–Crippen LogP) is 3.33. The number of carbonyl (C=O) groups excluding carboxylic acids is 3. The minimum atomic E-state index is -0.423. The minimum Gasteiger partial charge on any atom is -0.465 e. The van der Waals surface area contributed by atoms with Gasteiger partial charge in [0.2, 0.25) is 5.91 Å². The van der Waals surface area contributed by atoms with E-state index in [0.29, 0.717) is 28.5 Å². The van der Waals surface area contributed by atoms with Crippen LogP contribution in [-0.4, -0.2) is 42.9 Å². The van der Waals surface area contributed by atoms with E-state index in [4.69, 9.17) is 0 Å². The summed E-state index contributed by atoms with van der Waals surface area (Å²) in [6.07, 6.45) is 1.52. The fourth-order valence-corrected chi connectivity index (χ4v) is 3.92. The second-order valence-corrected chi connectivity index (χ2v) is 7.68. The topological polar surface area (TPSA) is 75.7 Å². The van der Waals surface area contributed by atoms with Crippen molar-refractivity contribution in [1.82, 2.24) is 4.90 Å². The molecule has 0 bridgehead atoms. The maximum absolute atomic E-state index is 12.7. The predicted molar refractivity (Wildman–Crippen MR) is 104 cm³/mol. The lowest BCUT2D eigenvalue weighted by Gasteiger charge is -2.32. The number of thiophene rings is 1. The van der Waals surface area contributed by atoms with Gasteiger partial charge in [0, 0.05) is 18.7 Å². The zero-order chi connectivity index (χ0) is 19.4. The summed E-state index contributed by atoms with van der Waals surface area (Å²) in [7, 11) is 1.32. The molecule has 1 saturated heterocycles. The Bertz CT molecular complexity index is 844.